The molecule has 0 radical (unpaired) electrons. The number of aromatic nitrogens is 2. The number of rotatable bonds is 4. The van der Waals surface area contributed by atoms with Gasteiger partial charge < -0.3 is 0 Å². The molecule has 1 aliphatic heterocycles. The molecule has 0 saturated heterocycles. The SMILES string of the molecule is Cc1cc[c]([Bi]2[c]3ccccc3-c3ccc(-c4cccc(Oc5cc(C)ccn5)c4)c[c]32)nc1. The molecule has 0 atom stereocenters. The van der Waals surface area contributed by atoms with Gasteiger partial charge >= 0.3 is 209 Å². The summed E-state index contributed by atoms with van der Waals surface area (Å²) < 4.78 is 10.4. The van der Waals surface area contributed by atoms with E-state index in [0.29, 0.717) is 5.88 Å². The molecule has 0 N–H and O–H groups in total. The van der Waals surface area contributed by atoms with E-state index in [4.69, 9.17) is 9.72 Å². The van der Waals surface area contributed by atoms with Crippen LogP contribution in [0.5, 0.6) is 11.6 Å². The third kappa shape index (κ3) is 3.93. The number of aryl methyl sites for hydroxylation is 2. The van der Waals surface area contributed by atoms with Gasteiger partial charge in [-0.25, -0.2) is 0 Å². The van der Waals surface area contributed by atoms with Gasteiger partial charge in [-0.15, -0.1) is 0 Å². The van der Waals surface area contributed by atoms with E-state index in [-0.39, 0.29) is 0 Å². The Hall–Kier alpha value is -3.36. The molecule has 0 bridgehead atoms. The van der Waals surface area contributed by atoms with Crippen LogP contribution in [0.2, 0.25) is 0 Å². The van der Waals surface area contributed by atoms with Gasteiger partial charge in [-0.05, 0) is 0 Å². The van der Waals surface area contributed by atoms with Crippen LogP contribution in [0, 0.1) is 13.8 Å². The van der Waals surface area contributed by atoms with Crippen LogP contribution >= 0.6 is 0 Å². The van der Waals surface area contributed by atoms with Gasteiger partial charge in [0.15, 0.2) is 0 Å². The van der Waals surface area contributed by atoms with Crippen molar-refractivity contribution in [2.45, 2.75) is 13.8 Å². The molecule has 0 saturated carbocycles. The number of nitrogens with zero attached hydrogens (tertiary/aromatic N) is 2. The average molecular weight is 637 g/mol. The van der Waals surface area contributed by atoms with Gasteiger partial charge in [0.25, 0.3) is 0 Å². The summed E-state index contributed by atoms with van der Waals surface area (Å²) in [6, 6.07) is 32.5. The summed E-state index contributed by atoms with van der Waals surface area (Å²) >= 11 is -2.46. The first-order valence-corrected chi connectivity index (χ1v) is 16.5. The van der Waals surface area contributed by atoms with Gasteiger partial charge in [0.2, 0.25) is 0 Å². The predicted molar refractivity (Wildman–Crippen MR) is 140 cm³/mol. The molecule has 164 valence electrons. The van der Waals surface area contributed by atoms with Crippen molar-refractivity contribution in [2.24, 2.45) is 0 Å². The summed E-state index contributed by atoms with van der Waals surface area (Å²) in [5, 5.41) is 0. The molecular formula is C30H23BiN2O. The van der Waals surface area contributed by atoms with Crippen molar-refractivity contribution in [3.8, 4) is 33.9 Å². The van der Waals surface area contributed by atoms with E-state index in [2.05, 4.69) is 78.6 Å². The van der Waals surface area contributed by atoms with Gasteiger partial charge in [0.05, 0.1) is 0 Å². The molecule has 1 aliphatic rings. The molecule has 4 heteroatoms. The normalized spacial score (nSPS) is 12.3. The van der Waals surface area contributed by atoms with E-state index >= 15 is 0 Å². The summed E-state index contributed by atoms with van der Waals surface area (Å²) in [7, 11) is 0. The van der Waals surface area contributed by atoms with Gasteiger partial charge in [-0.3, -0.25) is 0 Å². The number of benzene rings is 3. The molecule has 3 aromatic carbocycles. The molecule has 2 aromatic heterocycles. The standard InChI is InChI=1S/C24H17NO.C6H6N.Bi/c1-18-14-15-25-24(16-18)26-23-9-5-8-22(17-23)21-12-10-20(11-13-21)19-6-3-2-4-7-19;1-6-3-2-4-7-5-6;/h2-6,8-10,12-17H,1H3;2-3,5H,1H3;. The van der Waals surface area contributed by atoms with Crippen molar-refractivity contribution < 1.29 is 4.74 Å². The second kappa shape index (κ2) is 8.78. The van der Waals surface area contributed by atoms with Gasteiger partial charge in [-0.1, -0.05) is 0 Å². The number of pyridine rings is 2. The fourth-order valence-corrected chi connectivity index (χ4v) is 14.2. The molecule has 6 rings (SSSR count). The zero-order valence-corrected chi connectivity index (χ0v) is 22.5. The van der Waals surface area contributed by atoms with Gasteiger partial charge in [0.1, 0.15) is 0 Å². The zero-order chi connectivity index (χ0) is 23.1. The summed E-state index contributed by atoms with van der Waals surface area (Å²) in [5.74, 6) is 1.40. The minimum absolute atomic E-state index is 0.614. The van der Waals surface area contributed by atoms with Crippen LogP contribution in [0.25, 0.3) is 22.3 Å². The number of hydrogen-bond donors (Lipinski definition) is 0. The van der Waals surface area contributed by atoms with Crippen molar-refractivity contribution in [2.75, 3.05) is 0 Å². The zero-order valence-electron chi connectivity index (χ0n) is 19.1. The summed E-state index contributed by atoms with van der Waals surface area (Å²) in [4.78, 5) is 9.23. The van der Waals surface area contributed by atoms with Crippen LogP contribution in [0.4, 0.5) is 0 Å². The molecule has 0 fully saturated rings. The van der Waals surface area contributed by atoms with Crippen molar-refractivity contribution in [1.82, 2.24) is 9.97 Å². The quantitative estimate of drug-likeness (QED) is 0.254. The fourth-order valence-electron chi connectivity index (χ4n) is 4.41. The van der Waals surface area contributed by atoms with Crippen molar-refractivity contribution in [3.63, 3.8) is 0 Å². The van der Waals surface area contributed by atoms with Crippen LogP contribution < -0.4 is 14.7 Å². The van der Waals surface area contributed by atoms with Crippen LogP contribution in [-0.2, 0) is 0 Å². The Balaban J connectivity index is 1.41. The van der Waals surface area contributed by atoms with Crippen molar-refractivity contribution in [3.05, 3.63) is 115 Å². The van der Waals surface area contributed by atoms with E-state index in [1.165, 1.54) is 32.2 Å². The summed E-state index contributed by atoms with van der Waals surface area (Å²) in [6.45, 7) is 4.14. The van der Waals surface area contributed by atoms with Crippen molar-refractivity contribution >= 4 is 31.7 Å². The predicted octanol–water partition coefficient (Wildman–Crippen LogP) is 5.05. The molecule has 5 aromatic rings. The minimum atomic E-state index is -2.46. The second-order valence-corrected chi connectivity index (χ2v) is 16.7. The third-order valence-corrected chi connectivity index (χ3v) is 15.6. The first-order valence-electron chi connectivity index (χ1n) is 11.3. The Kier molecular flexibility index (Phi) is 5.47. The van der Waals surface area contributed by atoms with Gasteiger partial charge in [-0.2, -0.15) is 0 Å². The average Bonchev–Trinajstić information content (AvgIpc) is 3.18. The molecule has 3 nitrogen and oxygen atoms in total. The number of fused-ring (bicyclic) bond motifs is 3. The molecule has 0 aliphatic carbocycles. The van der Waals surface area contributed by atoms with Gasteiger partial charge in [0, 0.05) is 0 Å². The van der Waals surface area contributed by atoms with Crippen molar-refractivity contribution in [1.29, 1.82) is 0 Å². The fraction of sp³-hybridized carbons (Fsp3) is 0.0667. The molecule has 3 heterocycles. The van der Waals surface area contributed by atoms with Crippen LogP contribution in [0.3, 0.4) is 0 Å². The first-order chi connectivity index (χ1) is 16.7. The monoisotopic (exact) mass is 636 g/mol. The Bertz CT molecular complexity index is 1510. The van der Waals surface area contributed by atoms with E-state index in [1.807, 2.05) is 37.4 Å². The third-order valence-electron chi connectivity index (χ3n) is 6.08. The van der Waals surface area contributed by atoms with E-state index in [1.54, 1.807) is 6.20 Å². The summed E-state index contributed by atoms with van der Waals surface area (Å²) in [5.41, 5.74) is 7.44. The number of hydrogen-bond acceptors (Lipinski definition) is 3. The maximum atomic E-state index is 6.06. The van der Waals surface area contributed by atoms with E-state index in [0.717, 1.165) is 16.9 Å². The number of ether oxygens (including phenoxy) is 1. The second-order valence-electron chi connectivity index (χ2n) is 8.58. The Labute approximate surface area is 207 Å². The van der Waals surface area contributed by atoms with Crippen LogP contribution in [0.15, 0.2) is 103 Å². The maximum absolute atomic E-state index is 6.06. The molecule has 0 spiro atoms. The van der Waals surface area contributed by atoms with Crippen LogP contribution in [0.1, 0.15) is 11.1 Å². The molecular weight excluding hydrogens is 613 g/mol. The molecule has 34 heavy (non-hydrogen) atoms. The summed E-state index contributed by atoms with van der Waals surface area (Å²) in [6.07, 6.45) is 3.79. The topological polar surface area (TPSA) is 35.0 Å². The Morgan fingerprint density at radius 3 is 2.35 bits per heavy atom. The first kappa shape index (κ1) is 21.2. The molecule has 0 unspecified atom stereocenters. The van der Waals surface area contributed by atoms with E-state index in [9.17, 15) is 0 Å². The molecule has 0 amide bonds. The Morgan fingerprint density at radius 1 is 0.647 bits per heavy atom. The Morgan fingerprint density at radius 2 is 1.50 bits per heavy atom. The van der Waals surface area contributed by atoms with Crippen LogP contribution in [-0.4, -0.2) is 31.7 Å². The van der Waals surface area contributed by atoms with E-state index < -0.39 is 21.8 Å².